The van der Waals surface area contributed by atoms with E-state index in [1.165, 1.54) is 38.2 Å². The zero-order chi connectivity index (χ0) is 38.5. The number of nitrogens with one attached hydrogen (secondary N) is 5. The fourth-order valence-corrected chi connectivity index (χ4v) is 7.23. The van der Waals surface area contributed by atoms with Crippen molar-refractivity contribution in [1.29, 1.82) is 5.41 Å². The van der Waals surface area contributed by atoms with Crippen molar-refractivity contribution in [2.45, 2.75) is 59.3 Å². The van der Waals surface area contributed by atoms with Crippen LogP contribution in [0.1, 0.15) is 59.3 Å². The minimum atomic E-state index is -0.568. The number of unbranched alkanes of at least 4 members (excludes halogenated alkanes) is 5. The van der Waals surface area contributed by atoms with Gasteiger partial charge in [0.25, 0.3) is 0 Å². The third-order valence-electron chi connectivity index (χ3n) is 9.49. The van der Waals surface area contributed by atoms with Gasteiger partial charge in [0, 0.05) is 68.2 Å². The number of nitrogens with zero attached hydrogens (tertiary/aromatic N) is 4. The molecule has 6 N–H and O–H groups in total. The molecule has 2 aromatic heterocycles. The first kappa shape index (κ1) is 40.7. The summed E-state index contributed by atoms with van der Waals surface area (Å²) >= 11 is 1.61. The lowest BCUT2D eigenvalue weighted by molar-refractivity contribution is -0.122. The topological polar surface area (TPSA) is 159 Å². The van der Waals surface area contributed by atoms with Gasteiger partial charge in [-0.25, -0.2) is 9.78 Å². The summed E-state index contributed by atoms with van der Waals surface area (Å²) in [7, 11) is 2.00. The Morgan fingerprint density at radius 3 is 2.35 bits per heavy atom. The number of piperazine rings is 1. The monoisotopic (exact) mass is 759 g/mol. The van der Waals surface area contributed by atoms with Gasteiger partial charge in [0.1, 0.15) is 24.0 Å². The van der Waals surface area contributed by atoms with Crippen molar-refractivity contribution in [3.05, 3.63) is 60.5 Å². The van der Waals surface area contributed by atoms with Crippen LogP contribution in [0.4, 0.5) is 10.5 Å². The van der Waals surface area contributed by atoms with Crippen molar-refractivity contribution >= 4 is 50.0 Å². The van der Waals surface area contributed by atoms with Gasteiger partial charge in [0.2, 0.25) is 5.91 Å². The summed E-state index contributed by atoms with van der Waals surface area (Å²) in [6, 6.07) is 12.9. The number of ether oxygens (including phenoxy) is 1. The summed E-state index contributed by atoms with van der Waals surface area (Å²) in [4.78, 5) is 35.2. The number of benzene rings is 2. The number of aromatic nitrogens is 2. The van der Waals surface area contributed by atoms with Crippen LogP contribution in [0.5, 0.6) is 5.75 Å². The molecule has 0 saturated carbocycles. The highest BCUT2D eigenvalue weighted by Gasteiger charge is 2.20. The Morgan fingerprint density at radius 1 is 0.963 bits per heavy atom. The van der Waals surface area contributed by atoms with Crippen LogP contribution in [-0.2, 0) is 4.79 Å². The Labute approximate surface area is 322 Å². The van der Waals surface area contributed by atoms with E-state index >= 15 is 0 Å². The van der Waals surface area contributed by atoms with Crippen LogP contribution in [0.15, 0.2) is 60.5 Å². The molecule has 14 heteroatoms. The second-order valence-corrected chi connectivity index (χ2v) is 15.9. The molecule has 3 heterocycles. The molecule has 3 amide bonds. The van der Waals surface area contributed by atoms with E-state index in [0.29, 0.717) is 18.8 Å². The van der Waals surface area contributed by atoms with Crippen molar-refractivity contribution in [3.8, 4) is 17.0 Å². The van der Waals surface area contributed by atoms with Gasteiger partial charge >= 0.3 is 6.03 Å². The third kappa shape index (κ3) is 12.3. The smallest absolute Gasteiger partial charge is 0.324 e. The number of allylic oxidation sites excluding steroid dienone is 1. The second kappa shape index (κ2) is 19.7. The number of aliphatic hydroxyl groups is 1. The largest absolute Gasteiger partial charge is 0.512 e. The Kier molecular flexibility index (Phi) is 14.9. The molecule has 2 aromatic carbocycles. The fourth-order valence-electron chi connectivity index (χ4n) is 6.19. The lowest BCUT2D eigenvalue weighted by atomic mass is 9.93. The van der Waals surface area contributed by atoms with Gasteiger partial charge < -0.3 is 25.8 Å². The Morgan fingerprint density at radius 2 is 1.65 bits per heavy atom. The number of fused-ring (bicyclic) bond motifs is 3. The van der Waals surface area contributed by atoms with E-state index in [1.54, 1.807) is 23.5 Å². The number of rotatable bonds is 18. The zero-order valence-corrected chi connectivity index (χ0v) is 33.0. The SMILES string of the molecule is CNCCCCCCCCNC(=O)CN1CCN(CCOc2ccc3c(c2)sc2nc(-c4ccc(NC(=O)NC(=N)/C=C(\O)C(C)(C)C)cc4)cn23)CC1. The highest BCUT2D eigenvalue weighted by molar-refractivity contribution is 7.23. The molecule has 292 valence electrons. The van der Waals surface area contributed by atoms with Gasteiger partial charge in [-0.15, -0.1) is 0 Å². The van der Waals surface area contributed by atoms with E-state index in [9.17, 15) is 14.7 Å². The van der Waals surface area contributed by atoms with E-state index in [-0.39, 0.29) is 17.5 Å². The highest BCUT2D eigenvalue weighted by Crippen LogP contribution is 2.32. The predicted octanol–water partition coefficient (Wildman–Crippen LogP) is 6.48. The van der Waals surface area contributed by atoms with E-state index in [4.69, 9.17) is 15.1 Å². The van der Waals surface area contributed by atoms with Crippen molar-refractivity contribution in [1.82, 2.24) is 35.1 Å². The summed E-state index contributed by atoms with van der Waals surface area (Å²) in [6.07, 6.45) is 10.5. The molecule has 54 heavy (non-hydrogen) atoms. The summed E-state index contributed by atoms with van der Waals surface area (Å²) in [5.74, 6) is 0.775. The van der Waals surface area contributed by atoms with Crippen LogP contribution in [0, 0.1) is 10.8 Å². The van der Waals surface area contributed by atoms with Gasteiger partial charge in [0.15, 0.2) is 4.96 Å². The van der Waals surface area contributed by atoms with E-state index in [1.807, 2.05) is 52.2 Å². The van der Waals surface area contributed by atoms with Crippen molar-refractivity contribution < 1.29 is 19.4 Å². The molecule has 13 nitrogen and oxygen atoms in total. The molecule has 5 rings (SSSR count). The molecule has 1 saturated heterocycles. The predicted molar refractivity (Wildman–Crippen MR) is 219 cm³/mol. The van der Waals surface area contributed by atoms with Crippen molar-refractivity contribution in [2.24, 2.45) is 5.41 Å². The number of hydrogen-bond acceptors (Lipinski definition) is 10. The van der Waals surface area contributed by atoms with Crippen molar-refractivity contribution in [3.63, 3.8) is 0 Å². The Balaban J connectivity index is 1.01. The molecular formula is C40H57N9O4S. The highest BCUT2D eigenvalue weighted by atomic mass is 32.1. The molecule has 1 fully saturated rings. The summed E-state index contributed by atoms with van der Waals surface area (Å²) in [5, 5.41) is 29.4. The number of aliphatic hydroxyl groups excluding tert-OH is 1. The normalized spacial score (nSPS) is 14.4. The Hall–Kier alpha value is -4.50. The number of carbonyl (C=O) groups excluding carboxylic acids is 2. The molecule has 0 aliphatic carbocycles. The number of hydrogen-bond donors (Lipinski definition) is 6. The molecular weight excluding hydrogens is 703 g/mol. The van der Waals surface area contributed by atoms with Gasteiger partial charge in [-0.1, -0.05) is 69.9 Å². The Bertz CT molecular complexity index is 1870. The lowest BCUT2D eigenvalue weighted by Gasteiger charge is -2.34. The van der Waals surface area contributed by atoms with Gasteiger partial charge in [-0.2, -0.15) is 0 Å². The summed E-state index contributed by atoms with van der Waals surface area (Å²) in [6.45, 7) is 12.9. The first-order valence-corrected chi connectivity index (χ1v) is 19.9. The number of amides is 3. The molecule has 1 aliphatic heterocycles. The quantitative estimate of drug-likeness (QED) is 0.0291. The molecule has 0 unspecified atom stereocenters. The third-order valence-corrected chi connectivity index (χ3v) is 10.5. The average molecular weight is 760 g/mol. The number of amidine groups is 1. The minimum absolute atomic E-state index is 0.0117. The molecule has 0 bridgehead atoms. The van der Waals surface area contributed by atoms with Crippen LogP contribution in [0.2, 0.25) is 0 Å². The second-order valence-electron chi connectivity index (χ2n) is 14.9. The van der Waals surface area contributed by atoms with Gasteiger partial charge in [-0.3, -0.25) is 29.7 Å². The molecule has 1 aliphatic rings. The number of urea groups is 1. The number of thiazole rings is 1. The average Bonchev–Trinajstić information content (AvgIpc) is 3.69. The zero-order valence-electron chi connectivity index (χ0n) is 32.2. The fraction of sp³-hybridized carbons (Fsp3) is 0.500. The van der Waals surface area contributed by atoms with E-state index < -0.39 is 11.4 Å². The first-order valence-electron chi connectivity index (χ1n) is 19.1. The van der Waals surface area contributed by atoms with Crippen LogP contribution in [-0.4, -0.2) is 108 Å². The summed E-state index contributed by atoms with van der Waals surface area (Å²) < 4.78 is 9.33. The molecule has 4 aromatic rings. The van der Waals surface area contributed by atoms with Crippen molar-refractivity contribution in [2.75, 3.05) is 71.3 Å². The van der Waals surface area contributed by atoms with E-state index in [0.717, 1.165) is 84.4 Å². The van der Waals surface area contributed by atoms with Crippen LogP contribution >= 0.6 is 11.3 Å². The van der Waals surface area contributed by atoms with Crippen LogP contribution in [0.3, 0.4) is 0 Å². The first-order chi connectivity index (χ1) is 26.0. The maximum atomic E-state index is 12.4. The van der Waals surface area contributed by atoms with Crippen LogP contribution < -0.4 is 26.0 Å². The van der Waals surface area contributed by atoms with Gasteiger partial charge in [0.05, 0.1) is 22.5 Å². The molecule has 0 radical (unpaired) electrons. The van der Waals surface area contributed by atoms with E-state index in [2.05, 4.69) is 47.6 Å². The maximum absolute atomic E-state index is 12.4. The summed E-state index contributed by atoms with van der Waals surface area (Å²) in [5.41, 5.74) is 2.84. The number of carbonyl (C=O) groups is 2. The minimum Gasteiger partial charge on any atom is -0.512 e. The number of imidazole rings is 1. The lowest BCUT2D eigenvalue weighted by Crippen LogP contribution is -2.50. The molecule has 0 spiro atoms. The number of anilines is 1. The molecule has 0 atom stereocenters. The van der Waals surface area contributed by atoms with Crippen LogP contribution in [0.25, 0.3) is 26.4 Å². The maximum Gasteiger partial charge on any atom is 0.324 e. The standard InChI is InChI=1S/C40H57N9O4S/c1-40(2,3)35(50)26-36(41)46-38(52)44-30-13-11-29(12-14-30)32-27-49-33-16-15-31(25-34(33)54-39(49)45-32)53-24-23-47-19-21-48(22-20-47)28-37(51)43-18-10-8-6-5-7-9-17-42-4/h11-16,25-27,42,50H,5-10,17-24,28H2,1-4H3,(H,43,51)(H3,41,44,46,52)/b35-26-. The van der Waals surface area contributed by atoms with Gasteiger partial charge in [-0.05, 0) is 56.8 Å².